The molecule has 0 spiro atoms. The highest BCUT2D eigenvalue weighted by atomic mass is 31.2. The fourth-order valence-corrected chi connectivity index (χ4v) is 10.5. The number of hydrogen-bond donors (Lipinski definition) is 3. The van der Waals surface area contributed by atoms with E-state index in [4.69, 9.17) is 37.0 Å². The maximum Gasteiger partial charge on any atom is 0.472 e. The Morgan fingerprint density at radius 1 is 0.342 bits per heavy atom. The minimum Gasteiger partial charge on any atom is -0.462 e. The molecule has 0 bridgehead atoms. The molecule has 2 unspecified atom stereocenters. The van der Waals surface area contributed by atoms with Crippen molar-refractivity contribution in [1.29, 1.82) is 0 Å². The summed E-state index contributed by atoms with van der Waals surface area (Å²) in [6.07, 6.45) is 36.6. The smallest absolute Gasteiger partial charge is 0.462 e. The fourth-order valence-electron chi connectivity index (χ4n) is 8.88. The van der Waals surface area contributed by atoms with Gasteiger partial charge in [0.2, 0.25) is 0 Å². The lowest BCUT2D eigenvalue weighted by molar-refractivity contribution is -0.161. The summed E-state index contributed by atoms with van der Waals surface area (Å²) in [5.74, 6) is -1.48. The normalized spacial score (nSPS) is 14.3. The van der Waals surface area contributed by atoms with Gasteiger partial charge >= 0.3 is 39.5 Å². The molecule has 79 heavy (non-hydrogen) atoms. The van der Waals surface area contributed by atoms with E-state index in [9.17, 15) is 43.2 Å². The third kappa shape index (κ3) is 55.0. The highest BCUT2D eigenvalue weighted by Crippen LogP contribution is 2.45. The van der Waals surface area contributed by atoms with Gasteiger partial charge in [-0.3, -0.25) is 37.3 Å². The molecule has 0 heterocycles. The SMILES string of the molecule is CCCCCCCCCCCCCCCC(=O)O[C@H](COC(=O)CCCCCCCCCCCCCC)COP(=O)(O)OC[C@@H](O)COP(=O)(O)OC[C@@H](COC(=O)CCCCCCC)OC(=O)CCCCCCCCC(C)C. The molecule has 0 aliphatic heterocycles. The molecule has 468 valence electrons. The molecule has 0 aromatic carbocycles. The lowest BCUT2D eigenvalue weighted by Gasteiger charge is -2.21. The van der Waals surface area contributed by atoms with Gasteiger partial charge in [-0.15, -0.1) is 0 Å². The largest absolute Gasteiger partial charge is 0.472 e. The van der Waals surface area contributed by atoms with E-state index in [1.54, 1.807) is 0 Å². The van der Waals surface area contributed by atoms with Gasteiger partial charge in [0, 0.05) is 25.7 Å². The number of aliphatic hydroxyl groups excluding tert-OH is 1. The van der Waals surface area contributed by atoms with Crippen LogP contribution in [0.25, 0.3) is 0 Å². The predicted octanol–water partition coefficient (Wildman–Crippen LogP) is 16.2. The van der Waals surface area contributed by atoms with Crippen molar-refractivity contribution in [3.05, 3.63) is 0 Å². The third-order valence-corrected chi connectivity index (χ3v) is 15.7. The van der Waals surface area contributed by atoms with E-state index in [1.807, 2.05) is 0 Å². The molecule has 0 saturated carbocycles. The molecule has 0 saturated heterocycles. The Labute approximate surface area is 479 Å². The van der Waals surface area contributed by atoms with Gasteiger partial charge in [0.25, 0.3) is 0 Å². The van der Waals surface area contributed by atoms with Crippen LogP contribution >= 0.6 is 15.6 Å². The van der Waals surface area contributed by atoms with Crippen LogP contribution in [0.2, 0.25) is 0 Å². The maximum atomic E-state index is 12.9. The molecular formula is C60H116O17P2. The Balaban J connectivity index is 5.18. The fraction of sp³-hybridized carbons (Fsp3) is 0.933. The zero-order chi connectivity index (χ0) is 58.5. The Morgan fingerprint density at radius 2 is 0.582 bits per heavy atom. The zero-order valence-electron chi connectivity index (χ0n) is 50.5. The van der Waals surface area contributed by atoms with Crippen LogP contribution in [0.5, 0.6) is 0 Å². The highest BCUT2D eigenvalue weighted by molar-refractivity contribution is 7.47. The van der Waals surface area contributed by atoms with Crippen molar-refractivity contribution in [2.24, 2.45) is 5.92 Å². The van der Waals surface area contributed by atoms with Crippen LogP contribution in [0.15, 0.2) is 0 Å². The second-order valence-corrected chi connectivity index (χ2v) is 25.1. The number of hydrogen-bond acceptors (Lipinski definition) is 15. The number of carbonyl (C=O) groups excluding carboxylic acids is 4. The zero-order valence-corrected chi connectivity index (χ0v) is 52.3. The molecule has 0 fully saturated rings. The molecule has 0 aromatic heterocycles. The summed E-state index contributed by atoms with van der Waals surface area (Å²) in [6.45, 7) is 6.98. The molecule has 0 aliphatic carbocycles. The van der Waals surface area contributed by atoms with Gasteiger partial charge in [0.05, 0.1) is 26.4 Å². The number of carbonyl (C=O) groups is 4. The molecule has 0 aliphatic rings. The molecule has 0 radical (unpaired) electrons. The van der Waals surface area contributed by atoms with E-state index >= 15 is 0 Å². The summed E-state index contributed by atoms with van der Waals surface area (Å²) < 4.78 is 67.6. The van der Waals surface area contributed by atoms with E-state index in [2.05, 4.69) is 34.6 Å². The van der Waals surface area contributed by atoms with Crippen LogP contribution in [-0.4, -0.2) is 96.7 Å². The third-order valence-electron chi connectivity index (χ3n) is 13.8. The Bertz CT molecular complexity index is 1550. The topological polar surface area (TPSA) is 237 Å². The Kier molecular flexibility index (Phi) is 52.7. The molecule has 0 amide bonds. The summed E-state index contributed by atoms with van der Waals surface area (Å²) in [5, 5.41) is 10.5. The predicted molar refractivity (Wildman–Crippen MR) is 312 cm³/mol. The first-order chi connectivity index (χ1) is 38.0. The van der Waals surface area contributed by atoms with Crippen molar-refractivity contribution in [3.63, 3.8) is 0 Å². The van der Waals surface area contributed by atoms with Crippen LogP contribution < -0.4 is 0 Å². The van der Waals surface area contributed by atoms with Gasteiger partial charge in [-0.05, 0) is 31.6 Å². The molecule has 3 N–H and O–H groups in total. The van der Waals surface area contributed by atoms with Gasteiger partial charge in [-0.1, -0.05) is 247 Å². The number of ether oxygens (including phenoxy) is 4. The first-order valence-electron chi connectivity index (χ1n) is 31.6. The lowest BCUT2D eigenvalue weighted by atomic mass is 10.0. The molecule has 19 heteroatoms. The first-order valence-corrected chi connectivity index (χ1v) is 34.6. The standard InChI is InChI=1S/C60H116O17P2/c1-6-9-12-15-17-19-21-23-25-27-29-35-40-45-59(64)76-56(50-71-58(63)44-39-34-28-26-24-22-20-18-16-13-10-7-2)52-75-79(68,69)73-48-54(61)47-72-78(66,67)74-51-55(49-70-57(62)43-38-32-14-11-8-3)77-60(65)46-41-36-31-30-33-37-42-53(4)5/h53-56,61H,6-52H2,1-5H3,(H,66,67)(H,68,69)/t54-,55+,56+/m0/s1. The number of unbranched alkanes of at least 4 members (excludes halogenated alkanes) is 32. The second kappa shape index (κ2) is 54.0. The van der Waals surface area contributed by atoms with Gasteiger partial charge < -0.3 is 33.8 Å². The summed E-state index contributed by atoms with van der Waals surface area (Å²) in [4.78, 5) is 71.7. The van der Waals surface area contributed by atoms with Gasteiger partial charge in [0.15, 0.2) is 12.2 Å². The van der Waals surface area contributed by atoms with E-state index in [1.165, 1.54) is 116 Å². The van der Waals surface area contributed by atoms with Crippen LogP contribution in [0, 0.1) is 5.92 Å². The van der Waals surface area contributed by atoms with Crippen molar-refractivity contribution >= 4 is 39.5 Å². The van der Waals surface area contributed by atoms with Crippen molar-refractivity contribution in [2.45, 2.75) is 316 Å². The quantitative estimate of drug-likeness (QED) is 0.0222. The van der Waals surface area contributed by atoms with E-state index in [-0.39, 0.29) is 25.7 Å². The van der Waals surface area contributed by atoms with Crippen molar-refractivity contribution in [3.8, 4) is 0 Å². The van der Waals surface area contributed by atoms with E-state index in [0.29, 0.717) is 31.6 Å². The van der Waals surface area contributed by atoms with E-state index < -0.39 is 97.5 Å². The van der Waals surface area contributed by atoms with Crippen molar-refractivity contribution < 1.29 is 80.2 Å². The summed E-state index contributed by atoms with van der Waals surface area (Å²) in [7, 11) is -9.87. The van der Waals surface area contributed by atoms with Gasteiger partial charge in [0.1, 0.15) is 19.3 Å². The summed E-state index contributed by atoms with van der Waals surface area (Å²) in [5.41, 5.74) is 0. The first kappa shape index (κ1) is 77.1. The van der Waals surface area contributed by atoms with Crippen LogP contribution in [0.4, 0.5) is 0 Å². The molecule has 0 aromatic rings. The average molecular weight is 1170 g/mol. The molecular weight excluding hydrogens is 1050 g/mol. The van der Waals surface area contributed by atoms with Crippen LogP contribution in [0.1, 0.15) is 298 Å². The van der Waals surface area contributed by atoms with Gasteiger partial charge in [-0.25, -0.2) is 9.13 Å². The highest BCUT2D eigenvalue weighted by Gasteiger charge is 2.30. The number of phosphoric ester groups is 2. The Morgan fingerprint density at radius 3 is 0.861 bits per heavy atom. The van der Waals surface area contributed by atoms with Crippen molar-refractivity contribution in [2.75, 3.05) is 39.6 Å². The Hall–Kier alpha value is -1.94. The van der Waals surface area contributed by atoms with Crippen molar-refractivity contribution in [1.82, 2.24) is 0 Å². The number of aliphatic hydroxyl groups is 1. The second-order valence-electron chi connectivity index (χ2n) is 22.2. The molecule has 5 atom stereocenters. The average Bonchev–Trinajstić information content (AvgIpc) is 3.41. The number of phosphoric acid groups is 2. The minimum absolute atomic E-state index is 0.101. The molecule has 0 rings (SSSR count). The maximum absolute atomic E-state index is 12.9. The number of esters is 4. The summed E-state index contributed by atoms with van der Waals surface area (Å²) >= 11 is 0. The lowest BCUT2D eigenvalue weighted by Crippen LogP contribution is -2.30. The van der Waals surface area contributed by atoms with Crippen LogP contribution in [0.3, 0.4) is 0 Å². The van der Waals surface area contributed by atoms with E-state index in [0.717, 1.165) is 96.3 Å². The van der Waals surface area contributed by atoms with Gasteiger partial charge in [-0.2, -0.15) is 0 Å². The molecule has 17 nitrogen and oxygen atoms in total. The number of rotatable bonds is 60. The van der Waals surface area contributed by atoms with Crippen LogP contribution in [-0.2, 0) is 65.4 Å². The monoisotopic (exact) mass is 1170 g/mol. The minimum atomic E-state index is -4.94. The summed E-state index contributed by atoms with van der Waals surface area (Å²) in [6, 6.07) is 0.